The van der Waals surface area contributed by atoms with E-state index in [2.05, 4.69) is 62.4 Å². The van der Waals surface area contributed by atoms with Crippen LogP contribution in [0.2, 0.25) is 0 Å². The van der Waals surface area contributed by atoms with Crippen LogP contribution in [-0.4, -0.2) is 20.4 Å². The van der Waals surface area contributed by atoms with Gasteiger partial charge in [0.2, 0.25) is 0 Å². The van der Waals surface area contributed by atoms with Crippen LogP contribution < -0.4 is 0 Å². The third kappa shape index (κ3) is 7.21. The first kappa shape index (κ1) is 34.9. The second kappa shape index (κ2) is 14.1. The standard InChI is InChI=1S/C45H56O4/c1-27-23-33(11-19-39(27)46)43(34-12-20-40(47)28(2)24-34)31-7-15-37(16-8-31)45(5,6)38-17-9-32(10-18-38)44(35-13-21-41(48)29(3)25-35)36-14-22-42(49)30(4)26-36/h11-14,19-26,31-32,37-38,43-44,46-49H,7-10,15-18H2,1-6H3. The number of aryl methyl sites for hydroxylation is 4. The van der Waals surface area contributed by atoms with Gasteiger partial charge in [-0.25, -0.2) is 0 Å². The number of phenols is 4. The molecule has 4 aromatic rings. The number of hydrogen-bond acceptors (Lipinski definition) is 4. The lowest BCUT2D eigenvalue weighted by Gasteiger charge is -2.48. The van der Waals surface area contributed by atoms with Gasteiger partial charge in [-0.2, -0.15) is 0 Å². The fraction of sp³-hybridized carbons (Fsp3) is 0.467. The average Bonchev–Trinajstić information content (AvgIpc) is 3.08. The summed E-state index contributed by atoms with van der Waals surface area (Å²) in [6, 6.07) is 24.4. The first-order valence-corrected chi connectivity index (χ1v) is 18.5. The number of aromatic hydroxyl groups is 4. The van der Waals surface area contributed by atoms with E-state index in [-0.39, 0.29) is 17.3 Å². The van der Waals surface area contributed by atoms with Crippen LogP contribution in [0.4, 0.5) is 0 Å². The molecule has 4 heteroatoms. The number of rotatable bonds is 8. The van der Waals surface area contributed by atoms with Gasteiger partial charge in [-0.05, 0) is 177 Å². The molecule has 49 heavy (non-hydrogen) atoms. The van der Waals surface area contributed by atoms with Crippen molar-refractivity contribution >= 4 is 0 Å². The van der Waals surface area contributed by atoms with Gasteiger partial charge in [-0.1, -0.05) is 62.4 Å². The maximum absolute atomic E-state index is 10.3. The average molecular weight is 661 g/mol. The molecular weight excluding hydrogens is 604 g/mol. The van der Waals surface area contributed by atoms with E-state index in [1.54, 1.807) is 0 Å². The molecule has 0 saturated heterocycles. The molecule has 260 valence electrons. The summed E-state index contributed by atoms with van der Waals surface area (Å²) < 4.78 is 0. The fourth-order valence-electron chi connectivity index (χ4n) is 9.69. The summed E-state index contributed by atoms with van der Waals surface area (Å²) in [4.78, 5) is 0. The van der Waals surface area contributed by atoms with Crippen molar-refractivity contribution < 1.29 is 20.4 Å². The van der Waals surface area contributed by atoms with Crippen molar-refractivity contribution in [1.82, 2.24) is 0 Å². The van der Waals surface area contributed by atoms with Crippen LogP contribution >= 0.6 is 0 Å². The van der Waals surface area contributed by atoms with Gasteiger partial charge < -0.3 is 20.4 Å². The molecule has 0 atom stereocenters. The zero-order chi connectivity index (χ0) is 35.0. The van der Waals surface area contributed by atoms with Crippen molar-refractivity contribution in [3.63, 3.8) is 0 Å². The van der Waals surface area contributed by atoms with E-state index >= 15 is 0 Å². The highest BCUT2D eigenvalue weighted by molar-refractivity contribution is 5.46. The normalized spacial score (nSPS) is 21.7. The van der Waals surface area contributed by atoms with Crippen LogP contribution in [0.15, 0.2) is 72.8 Å². The largest absolute Gasteiger partial charge is 0.508 e. The quantitative estimate of drug-likeness (QED) is 0.152. The van der Waals surface area contributed by atoms with Crippen molar-refractivity contribution in [3.8, 4) is 23.0 Å². The number of phenolic OH excluding ortho intramolecular Hbond substituents is 4. The van der Waals surface area contributed by atoms with Gasteiger partial charge in [0, 0.05) is 11.8 Å². The predicted octanol–water partition coefficient (Wildman–Crippen LogP) is 11.3. The van der Waals surface area contributed by atoms with Gasteiger partial charge in [0.1, 0.15) is 23.0 Å². The SMILES string of the molecule is Cc1cc(C(c2ccc(O)c(C)c2)C2CCC(C(C)(C)C3CCC(C(c4ccc(O)c(C)c4)c4ccc(O)c(C)c4)CC3)CC2)ccc1O. The van der Waals surface area contributed by atoms with Crippen molar-refractivity contribution in [3.05, 3.63) is 117 Å². The molecule has 2 aliphatic carbocycles. The summed E-state index contributed by atoms with van der Waals surface area (Å²) in [7, 11) is 0. The summed E-state index contributed by atoms with van der Waals surface area (Å²) in [5.74, 6) is 4.23. The van der Waals surface area contributed by atoms with E-state index in [1.807, 2.05) is 52.0 Å². The fourth-order valence-corrected chi connectivity index (χ4v) is 9.69. The molecule has 2 aliphatic rings. The summed E-state index contributed by atoms with van der Waals surface area (Å²) in [5.41, 5.74) is 8.91. The molecule has 0 heterocycles. The molecule has 0 bridgehead atoms. The molecule has 4 aromatic carbocycles. The monoisotopic (exact) mass is 660 g/mol. The minimum absolute atomic E-state index is 0.238. The van der Waals surface area contributed by atoms with E-state index in [1.165, 1.54) is 73.6 Å². The van der Waals surface area contributed by atoms with Crippen molar-refractivity contribution in [2.45, 2.75) is 105 Å². The zero-order valence-corrected chi connectivity index (χ0v) is 30.3. The van der Waals surface area contributed by atoms with Crippen molar-refractivity contribution in [2.75, 3.05) is 0 Å². The van der Waals surface area contributed by atoms with Gasteiger partial charge in [-0.3, -0.25) is 0 Å². The maximum atomic E-state index is 10.3. The van der Waals surface area contributed by atoms with Crippen LogP contribution in [0.3, 0.4) is 0 Å². The first-order chi connectivity index (χ1) is 23.3. The van der Waals surface area contributed by atoms with Gasteiger partial charge in [-0.15, -0.1) is 0 Å². The van der Waals surface area contributed by atoms with Gasteiger partial charge >= 0.3 is 0 Å². The first-order valence-electron chi connectivity index (χ1n) is 18.5. The molecule has 4 N–H and O–H groups in total. The van der Waals surface area contributed by atoms with Crippen LogP contribution in [0, 0.1) is 56.8 Å². The molecule has 4 nitrogen and oxygen atoms in total. The Morgan fingerprint density at radius 1 is 0.429 bits per heavy atom. The predicted molar refractivity (Wildman–Crippen MR) is 200 cm³/mol. The van der Waals surface area contributed by atoms with Gasteiger partial charge in [0.15, 0.2) is 0 Å². The summed E-state index contributed by atoms with van der Waals surface area (Å²) in [6.07, 6.45) is 9.61. The molecule has 0 amide bonds. The van der Waals surface area contributed by atoms with E-state index in [9.17, 15) is 20.4 Å². The number of hydrogen-bond donors (Lipinski definition) is 4. The lowest BCUT2D eigenvalue weighted by atomic mass is 9.57. The van der Waals surface area contributed by atoms with E-state index in [0.29, 0.717) is 46.7 Å². The van der Waals surface area contributed by atoms with Crippen LogP contribution in [-0.2, 0) is 0 Å². The molecular formula is C45H56O4. The Morgan fingerprint density at radius 3 is 0.898 bits per heavy atom. The van der Waals surface area contributed by atoms with E-state index in [4.69, 9.17) is 0 Å². The highest BCUT2D eigenvalue weighted by Gasteiger charge is 2.43. The summed E-state index contributed by atoms with van der Waals surface area (Å²) in [6.45, 7) is 13.0. The Labute approximate surface area is 293 Å². The highest BCUT2D eigenvalue weighted by Crippen LogP contribution is 2.54. The molecule has 0 radical (unpaired) electrons. The smallest absolute Gasteiger partial charge is 0.118 e. The molecule has 0 aliphatic heterocycles. The van der Waals surface area contributed by atoms with Crippen molar-refractivity contribution in [2.24, 2.45) is 29.1 Å². The minimum Gasteiger partial charge on any atom is -0.508 e. The summed E-state index contributed by atoms with van der Waals surface area (Å²) >= 11 is 0. The molecule has 6 rings (SSSR count). The molecule has 0 unspecified atom stereocenters. The second-order valence-electron chi connectivity index (χ2n) is 16.2. The third-order valence-electron chi connectivity index (χ3n) is 12.9. The lowest BCUT2D eigenvalue weighted by molar-refractivity contribution is 0.0356. The Kier molecular flexibility index (Phi) is 10.1. The zero-order valence-electron chi connectivity index (χ0n) is 30.3. The van der Waals surface area contributed by atoms with Crippen LogP contribution in [0.5, 0.6) is 23.0 Å². The maximum Gasteiger partial charge on any atom is 0.118 e. The van der Waals surface area contributed by atoms with Crippen LogP contribution in [0.1, 0.15) is 122 Å². The van der Waals surface area contributed by atoms with E-state index in [0.717, 1.165) is 22.3 Å². The molecule has 0 spiro atoms. The Balaban J connectivity index is 1.17. The summed E-state index contributed by atoms with van der Waals surface area (Å²) in [5, 5.41) is 41.2. The third-order valence-corrected chi connectivity index (χ3v) is 12.9. The van der Waals surface area contributed by atoms with Gasteiger partial charge in [0.05, 0.1) is 0 Å². The van der Waals surface area contributed by atoms with Gasteiger partial charge in [0.25, 0.3) is 0 Å². The Bertz CT molecular complexity index is 1540. The molecule has 0 aromatic heterocycles. The minimum atomic E-state index is 0.238. The number of benzene rings is 4. The highest BCUT2D eigenvalue weighted by atomic mass is 16.3. The Hall–Kier alpha value is -3.92. The van der Waals surface area contributed by atoms with Crippen LogP contribution in [0.25, 0.3) is 0 Å². The van der Waals surface area contributed by atoms with E-state index < -0.39 is 0 Å². The topological polar surface area (TPSA) is 80.9 Å². The Morgan fingerprint density at radius 2 is 0.673 bits per heavy atom. The lowest BCUT2D eigenvalue weighted by Crippen LogP contribution is -2.38. The second-order valence-corrected chi connectivity index (χ2v) is 16.2. The van der Waals surface area contributed by atoms with Crippen molar-refractivity contribution in [1.29, 1.82) is 0 Å². The molecule has 2 fully saturated rings. The molecule has 2 saturated carbocycles.